The van der Waals surface area contributed by atoms with Gasteiger partial charge >= 0.3 is 5.97 Å². The molecule has 1 amide bonds. The average molecular weight is 510 g/mol. The molecule has 7 nitrogen and oxygen atoms in total. The van der Waals surface area contributed by atoms with Crippen molar-refractivity contribution < 1.29 is 19.1 Å². The number of esters is 1. The molecule has 4 rings (SSSR count). The molecular formula is C26H27N3O4S2. The third-order valence-corrected chi connectivity index (χ3v) is 7.34. The summed E-state index contributed by atoms with van der Waals surface area (Å²) in [4.78, 5) is 32.1. The van der Waals surface area contributed by atoms with Crippen LogP contribution in [0.1, 0.15) is 52.9 Å². The molecule has 0 unspecified atom stereocenters. The second kappa shape index (κ2) is 10.5. The van der Waals surface area contributed by atoms with Gasteiger partial charge in [-0.2, -0.15) is 0 Å². The first-order valence-electron chi connectivity index (χ1n) is 11.3. The average Bonchev–Trinajstić information content (AvgIpc) is 3.40. The maximum atomic E-state index is 13.3. The minimum atomic E-state index is -0.502. The van der Waals surface area contributed by atoms with E-state index in [1.165, 1.54) is 22.7 Å². The summed E-state index contributed by atoms with van der Waals surface area (Å²) in [5, 5.41) is 5.89. The Hall–Kier alpha value is -3.43. The van der Waals surface area contributed by atoms with Crippen molar-refractivity contribution in [3.63, 3.8) is 0 Å². The van der Waals surface area contributed by atoms with E-state index in [4.69, 9.17) is 15.2 Å². The first kappa shape index (κ1) is 24.7. The van der Waals surface area contributed by atoms with E-state index in [1.807, 2.05) is 41.8 Å². The number of carbonyl (C=O) groups is 2. The minimum Gasteiger partial charge on any atom is -0.497 e. The number of benzene rings is 1. The van der Waals surface area contributed by atoms with Gasteiger partial charge in [0, 0.05) is 22.0 Å². The summed E-state index contributed by atoms with van der Waals surface area (Å²) in [5.41, 5.74) is 9.46. The van der Waals surface area contributed by atoms with Crippen LogP contribution in [-0.4, -0.2) is 30.1 Å². The van der Waals surface area contributed by atoms with Gasteiger partial charge in [-0.25, -0.2) is 9.78 Å². The number of nitrogens with one attached hydrogen (secondary N) is 1. The van der Waals surface area contributed by atoms with E-state index < -0.39 is 5.97 Å². The van der Waals surface area contributed by atoms with E-state index in [2.05, 4.69) is 17.2 Å². The molecule has 0 aliphatic heterocycles. The van der Waals surface area contributed by atoms with Crippen LogP contribution in [0, 0.1) is 0 Å². The number of carbonyl (C=O) groups excluding carboxylic acids is 2. The van der Waals surface area contributed by atoms with Crippen molar-refractivity contribution >= 4 is 55.5 Å². The molecular weight excluding hydrogens is 482 g/mol. The van der Waals surface area contributed by atoms with Crippen LogP contribution in [0.5, 0.6) is 5.75 Å². The number of anilines is 2. The van der Waals surface area contributed by atoms with Gasteiger partial charge in [0.2, 0.25) is 0 Å². The second-order valence-electron chi connectivity index (χ2n) is 8.24. The Kier molecular flexibility index (Phi) is 7.37. The lowest BCUT2D eigenvalue weighted by Gasteiger charge is -2.12. The fraction of sp³-hybridized carbons (Fsp3) is 0.269. The number of thiophene rings is 2. The van der Waals surface area contributed by atoms with Gasteiger partial charge in [-0.15, -0.1) is 22.7 Å². The number of aromatic nitrogens is 1. The molecule has 0 fully saturated rings. The Morgan fingerprint density at radius 3 is 2.54 bits per heavy atom. The van der Waals surface area contributed by atoms with Gasteiger partial charge < -0.3 is 20.5 Å². The fourth-order valence-corrected chi connectivity index (χ4v) is 5.63. The largest absolute Gasteiger partial charge is 0.497 e. The summed E-state index contributed by atoms with van der Waals surface area (Å²) in [5.74, 6) is -0.179. The van der Waals surface area contributed by atoms with Gasteiger partial charge in [0.15, 0.2) is 0 Å². The number of hydrogen-bond acceptors (Lipinski definition) is 8. The summed E-state index contributed by atoms with van der Waals surface area (Å²) in [6.45, 7) is 5.66. The second-order valence-corrected chi connectivity index (χ2v) is 10.1. The molecule has 4 aromatic rings. The summed E-state index contributed by atoms with van der Waals surface area (Å²) >= 11 is 2.52. The minimum absolute atomic E-state index is 0.309. The molecule has 0 radical (unpaired) electrons. The number of nitrogens with two attached hydrogens (primary N) is 1. The van der Waals surface area contributed by atoms with Crippen LogP contribution >= 0.6 is 22.7 Å². The van der Waals surface area contributed by atoms with Crippen LogP contribution in [0.2, 0.25) is 0 Å². The fourth-order valence-electron chi connectivity index (χ4n) is 3.67. The van der Waals surface area contributed by atoms with Crippen molar-refractivity contribution in [2.24, 2.45) is 0 Å². The Bertz CT molecular complexity index is 1370. The number of pyridine rings is 1. The van der Waals surface area contributed by atoms with Crippen LogP contribution < -0.4 is 15.8 Å². The molecule has 0 aliphatic carbocycles. The van der Waals surface area contributed by atoms with E-state index in [9.17, 15) is 9.59 Å². The molecule has 3 N–H and O–H groups in total. The highest BCUT2D eigenvalue weighted by molar-refractivity contribution is 7.21. The lowest BCUT2D eigenvalue weighted by molar-refractivity contribution is 0.0380. The summed E-state index contributed by atoms with van der Waals surface area (Å²) in [6, 6.07) is 11.2. The smallest absolute Gasteiger partial charge is 0.342 e. The van der Waals surface area contributed by atoms with Crippen molar-refractivity contribution in [3.05, 3.63) is 57.9 Å². The first-order chi connectivity index (χ1) is 16.8. The number of ether oxygens (including phenoxy) is 2. The standard InChI is InChI=1S/C26H27N3O4S2/c1-5-6-16-9-12-18-21(27)22(35-24(18)28-16)23(30)29-25-20(26(31)33-14(2)3)19(13-34-25)15-7-10-17(32-4)11-8-15/h7-14H,5-6,27H2,1-4H3,(H,29,30). The SMILES string of the molecule is CCCc1ccc2c(N)c(C(=O)Nc3scc(-c4ccc(OC)cc4)c3C(=O)OC(C)C)sc2n1. The molecule has 1 aromatic carbocycles. The lowest BCUT2D eigenvalue weighted by atomic mass is 10.0. The van der Waals surface area contributed by atoms with Crippen LogP contribution in [0.4, 0.5) is 10.7 Å². The summed E-state index contributed by atoms with van der Waals surface area (Å²) < 4.78 is 10.7. The number of methoxy groups -OCH3 is 1. The van der Waals surface area contributed by atoms with Crippen LogP contribution in [0.25, 0.3) is 21.3 Å². The molecule has 0 spiro atoms. The normalized spacial score (nSPS) is 11.1. The number of fused-ring (bicyclic) bond motifs is 1. The number of nitrogen functional groups attached to an aromatic ring is 1. The molecule has 3 aromatic heterocycles. The number of amides is 1. The molecule has 3 heterocycles. The van der Waals surface area contributed by atoms with E-state index in [0.717, 1.165) is 34.3 Å². The van der Waals surface area contributed by atoms with Gasteiger partial charge in [-0.3, -0.25) is 4.79 Å². The van der Waals surface area contributed by atoms with Gasteiger partial charge in [-0.05, 0) is 50.1 Å². The third kappa shape index (κ3) is 5.16. The molecule has 35 heavy (non-hydrogen) atoms. The summed E-state index contributed by atoms with van der Waals surface area (Å²) in [7, 11) is 1.60. The first-order valence-corrected chi connectivity index (χ1v) is 13.0. The highest BCUT2D eigenvalue weighted by Crippen LogP contribution is 2.39. The van der Waals surface area contributed by atoms with E-state index >= 15 is 0 Å². The van der Waals surface area contributed by atoms with E-state index in [-0.39, 0.29) is 12.0 Å². The Morgan fingerprint density at radius 2 is 1.89 bits per heavy atom. The Balaban J connectivity index is 1.70. The number of nitrogens with zero attached hydrogens (tertiary/aromatic N) is 1. The van der Waals surface area contributed by atoms with Gasteiger partial charge in [-0.1, -0.05) is 25.5 Å². The quantitative estimate of drug-likeness (QED) is 0.267. The van der Waals surface area contributed by atoms with Crippen molar-refractivity contribution in [2.45, 2.75) is 39.7 Å². The van der Waals surface area contributed by atoms with Crippen molar-refractivity contribution in [1.29, 1.82) is 0 Å². The molecule has 0 saturated heterocycles. The third-order valence-electron chi connectivity index (χ3n) is 5.33. The van der Waals surface area contributed by atoms with E-state index in [0.29, 0.717) is 32.4 Å². The lowest BCUT2D eigenvalue weighted by Crippen LogP contribution is -2.16. The zero-order valence-electron chi connectivity index (χ0n) is 20.0. The predicted octanol–water partition coefficient (Wildman–Crippen LogP) is 6.39. The van der Waals surface area contributed by atoms with Crippen LogP contribution in [-0.2, 0) is 11.2 Å². The topological polar surface area (TPSA) is 104 Å². The van der Waals surface area contributed by atoms with E-state index in [1.54, 1.807) is 21.0 Å². The predicted molar refractivity (Wildman–Crippen MR) is 143 cm³/mol. The molecule has 0 aliphatic rings. The Labute approximate surface area is 211 Å². The van der Waals surface area contributed by atoms with Crippen molar-refractivity contribution in [3.8, 4) is 16.9 Å². The van der Waals surface area contributed by atoms with Gasteiger partial charge in [0.1, 0.15) is 26.0 Å². The molecule has 182 valence electrons. The summed E-state index contributed by atoms with van der Waals surface area (Å²) in [6.07, 6.45) is 1.54. The zero-order chi connectivity index (χ0) is 25.1. The molecule has 0 atom stereocenters. The van der Waals surface area contributed by atoms with Crippen LogP contribution in [0.3, 0.4) is 0 Å². The Morgan fingerprint density at radius 1 is 1.14 bits per heavy atom. The number of aryl methyl sites for hydroxylation is 1. The number of rotatable bonds is 8. The zero-order valence-corrected chi connectivity index (χ0v) is 21.6. The molecule has 9 heteroatoms. The molecule has 0 bridgehead atoms. The molecule has 0 saturated carbocycles. The van der Waals surface area contributed by atoms with Gasteiger partial charge in [0.05, 0.1) is 18.9 Å². The van der Waals surface area contributed by atoms with Crippen molar-refractivity contribution in [1.82, 2.24) is 4.98 Å². The highest BCUT2D eigenvalue weighted by Gasteiger charge is 2.26. The maximum Gasteiger partial charge on any atom is 0.342 e. The van der Waals surface area contributed by atoms with Gasteiger partial charge in [0.25, 0.3) is 5.91 Å². The number of hydrogen-bond donors (Lipinski definition) is 2. The van der Waals surface area contributed by atoms with Crippen molar-refractivity contribution in [2.75, 3.05) is 18.2 Å². The van der Waals surface area contributed by atoms with Crippen LogP contribution in [0.15, 0.2) is 41.8 Å². The maximum absolute atomic E-state index is 13.3. The highest BCUT2D eigenvalue weighted by atomic mass is 32.1. The monoisotopic (exact) mass is 509 g/mol.